The summed E-state index contributed by atoms with van der Waals surface area (Å²) in [6, 6.07) is 4.72. The molecule has 10 heteroatoms. The van der Waals surface area contributed by atoms with Crippen LogP contribution in [0.3, 0.4) is 0 Å². The molecule has 1 fully saturated rings. The van der Waals surface area contributed by atoms with Crippen molar-refractivity contribution in [1.82, 2.24) is 14.9 Å². The lowest BCUT2D eigenvalue weighted by atomic mass is 9.88. The molecule has 29 heavy (non-hydrogen) atoms. The number of nitrogens with zero attached hydrogens (tertiary/aromatic N) is 2. The number of halogens is 2. The normalized spacial score (nSPS) is 14.6. The van der Waals surface area contributed by atoms with Crippen LogP contribution in [0.2, 0.25) is 10.0 Å². The summed E-state index contributed by atoms with van der Waals surface area (Å²) in [5.74, 6) is -2.94. The molecule has 1 saturated carbocycles. The number of aromatic nitrogens is 2. The monoisotopic (exact) mass is 439 g/mol. The van der Waals surface area contributed by atoms with Crippen LogP contribution in [0.25, 0.3) is 5.69 Å². The van der Waals surface area contributed by atoms with E-state index in [0.717, 1.165) is 36.7 Å². The van der Waals surface area contributed by atoms with Gasteiger partial charge in [0.1, 0.15) is 12.4 Å². The van der Waals surface area contributed by atoms with Gasteiger partial charge in [-0.25, -0.2) is 0 Å². The van der Waals surface area contributed by atoms with Gasteiger partial charge in [-0.05, 0) is 25.0 Å². The van der Waals surface area contributed by atoms with Gasteiger partial charge < -0.3 is 15.5 Å². The summed E-state index contributed by atoms with van der Waals surface area (Å²) in [5.41, 5.74) is -1.36. The van der Waals surface area contributed by atoms with E-state index in [0.29, 0.717) is 0 Å². The second-order valence-corrected chi connectivity index (χ2v) is 7.61. The summed E-state index contributed by atoms with van der Waals surface area (Å²) in [7, 11) is 0. The Morgan fingerprint density at radius 3 is 2.38 bits per heavy atom. The van der Waals surface area contributed by atoms with Crippen molar-refractivity contribution in [3.63, 3.8) is 0 Å². The van der Waals surface area contributed by atoms with Gasteiger partial charge >= 0.3 is 5.97 Å². The Morgan fingerprint density at radius 1 is 1.17 bits per heavy atom. The van der Waals surface area contributed by atoms with Gasteiger partial charge in [-0.1, -0.05) is 48.5 Å². The molecule has 1 aromatic carbocycles. The van der Waals surface area contributed by atoms with Crippen molar-refractivity contribution < 1.29 is 19.8 Å². The number of hydrogen-bond donors (Lipinski definition) is 3. The third-order valence-corrected chi connectivity index (χ3v) is 5.46. The molecular weight excluding hydrogens is 421 g/mol. The summed E-state index contributed by atoms with van der Waals surface area (Å²) in [6.07, 6.45) is 4.48. The van der Waals surface area contributed by atoms with E-state index in [-0.39, 0.29) is 27.5 Å². The van der Waals surface area contributed by atoms with Crippen LogP contribution in [-0.4, -0.2) is 38.2 Å². The van der Waals surface area contributed by atoms with E-state index in [9.17, 15) is 19.5 Å². The molecule has 0 aliphatic heterocycles. The minimum absolute atomic E-state index is 0.120. The third-order valence-electron chi connectivity index (χ3n) is 4.85. The van der Waals surface area contributed by atoms with Crippen LogP contribution < -0.4 is 10.9 Å². The van der Waals surface area contributed by atoms with E-state index < -0.39 is 35.4 Å². The van der Waals surface area contributed by atoms with Gasteiger partial charge in [0.05, 0.1) is 15.7 Å². The fourth-order valence-corrected chi connectivity index (χ4v) is 4.09. The van der Waals surface area contributed by atoms with Crippen molar-refractivity contribution in [2.24, 2.45) is 0 Å². The molecule has 1 aromatic heterocycles. The minimum Gasteiger partial charge on any atom is -0.493 e. The molecule has 8 nitrogen and oxygen atoms in total. The molecule has 1 aliphatic rings. The highest BCUT2D eigenvalue weighted by Crippen LogP contribution is 2.36. The highest BCUT2D eigenvalue weighted by Gasteiger charge is 2.29. The number of aliphatic carboxylic acids is 1. The van der Waals surface area contributed by atoms with Crippen LogP contribution in [-0.2, 0) is 4.79 Å². The van der Waals surface area contributed by atoms with Crippen LogP contribution in [0, 0.1) is 0 Å². The molecule has 1 heterocycles. The molecular formula is C19H19Cl2N3O5. The second kappa shape index (κ2) is 8.84. The smallest absolute Gasteiger partial charge is 0.322 e. The molecule has 0 unspecified atom stereocenters. The average molecular weight is 440 g/mol. The predicted octanol–water partition coefficient (Wildman–Crippen LogP) is 3.11. The van der Waals surface area contributed by atoms with Crippen molar-refractivity contribution >= 4 is 35.1 Å². The zero-order valence-corrected chi connectivity index (χ0v) is 16.8. The van der Waals surface area contributed by atoms with Crippen LogP contribution in [0.4, 0.5) is 0 Å². The lowest BCUT2D eigenvalue weighted by Crippen LogP contribution is -2.37. The molecule has 0 saturated heterocycles. The Kier molecular flexibility index (Phi) is 6.44. The predicted molar refractivity (Wildman–Crippen MR) is 107 cm³/mol. The van der Waals surface area contributed by atoms with Crippen LogP contribution >= 0.6 is 23.2 Å². The summed E-state index contributed by atoms with van der Waals surface area (Å²) in [4.78, 5) is 40.5. The summed E-state index contributed by atoms with van der Waals surface area (Å²) in [6.45, 7) is -0.713. The Labute approximate surface area is 176 Å². The molecule has 0 atom stereocenters. The molecule has 3 N–H and O–H groups in total. The zero-order chi connectivity index (χ0) is 21.1. The number of carboxylic acid groups (broad SMARTS) is 1. The van der Waals surface area contributed by atoms with Gasteiger partial charge in [-0.15, -0.1) is 0 Å². The van der Waals surface area contributed by atoms with Crippen molar-refractivity contribution in [2.45, 2.75) is 38.0 Å². The maximum absolute atomic E-state index is 13.3. The Morgan fingerprint density at radius 2 is 1.79 bits per heavy atom. The van der Waals surface area contributed by atoms with E-state index in [2.05, 4.69) is 10.3 Å². The maximum Gasteiger partial charge on any atom is 0.322 e. The van der Waals surface area contributed by atoms with Crippen LogP contribution in [0.5, 0.6) is 5.88 Å². The molecule has 0 radical (unpaired) electrons. The molecule has 1 aliphatic carbocycles. The molecule has 0 spiro atoms. The fourth-order valence-electron chi connectivity index (χ4n) is 3.52. The third kappa shape index (κ3) is 4.38. The lowest BCUT2D eigenvalue weighted by molar-refractivity contribution is -0.135. The van der Waals surface area contributed by atoms with E-state index in [1.54, 1.807) is 18.2 Å². The minimum atomic E-state index is -1.29. The Bertz CT molecular complexity index is 995. The number of rotatable bonds is 5. The summed E-state index contributed by atoms with van der Waals surface area (Å²) >= 11 is 12.6. The summed E-state index contributed by atoms with van der Waals surface area (Å²) < 4.78 is 1.16. The summed E-state index contributed by atoms with van der Waals surface area (Å²) in [5, 5.41) is 21.5. The average Bonchev–Trinajstić information content (AvgIpc) is 2.68. The van der Waals surface area contributed by atoms with Crippen molar-refractivity contribution in [3.05, 3.63) is 50.0 Å². The van der Waals surface area contributed by atoms with Gasteiger partial charge in [0.2, 0.25) is 5.88 Å². The second-order valence-electron chi connectivity index (χ2n) is 6.79. The number of carbonyl (C=O) groups excluding carboxylic acids is 1. The van der Waals surface area contributed by atoms with Crippen molar-refractivity contribution in [1.29, 1.82) is 0 Å². The van der Waals surface area contributed by atoms with E-state index in [4.69, 9.17) is 28.3 Å². The molecule has 154 valence electrons. The molecule has 2 aromatic rings. The molecule has 1 amide bonds. The lowest BCUT2D eigenvalue weighted by Gasteiger charge is -2.25. The van der Waals surface area contributed by atoms with E-state index in [1.807, 2.05) is 0 Å². The number of aromatic hydroxyl groups is 1. The number of benzene rings is 1. The van der Waals surface area contributed by atoms with Gasteiger partial charge in [-0.2, -0.15) is 4.98 Å². The van der Waals surface area contributed by atoms with Gasteiger partial charge in [-0.3, -0.25) is 19.0 Å². The van der Waals surface area contributed by atoms with Gasteiger partial charge in [0.25, 0.3) is 11.5 Å². The van der Waals surface area contributed by atoms with E-state index >= 15 is 0 Å². The first-order valence-corrected chi connectivity index (χ1v) is 9.87. The number of carboxylic acids is 1. The highest BCUT2D eigenvalue weighted by molar-refractivity contribution is 6.37. The van der Waals surface area contributed by atoms with Gasteiger partial charge in [0.15, 0.2) is 5.56 Å². The van der Waals surface area contributed by atoms with Crippen molar-refractivity contribution in [3.8, 4) is 11.6 Å². The standard InChI is InChI=1S/C19H19Cl2N3O5/c20-11-7-4-8-12(21)15(11)24-16(10-5-2-1-3-6-10)23-18(28)14(19(24)29)17(27)22-9-13(25)26/h4,7-8,10,28H,1-3,5-6,9H2,(H,22,27)(H,25,26). The Balaban J connectivity index is 2.24. The number of para-hydroxylation sites is 1. The number of hydrogen-bond acceptors (Lipinski definition) is 5. The Hall–Kier alpha value is -2.58. The zero-order valence-electron chi connectivity index (χ0n) is 15.3. The number of nitrogens with one attached hydrogen (secondary N) is 1. The van der Waals surface area contributed by atoms with E-state index in [1.165, 1.54) is 0 Å². The topological polar surface area (TPSA) is 122 Å². The first-order valence-electron chi connectivity index (χ1n) is 9.11. The van der Waals surface area contributed by atoms with Crippen LogP contribution in [0.15, 0.2) is 23.0 Å². The highest BCUT2D eigenvalue weighted by atomic mass is 35.5. The fraction of sp³-hybridized carbons (Fsp3) is 0.368. The molecule has 3 rings (SSSR count). The first kappa shape index (κ1) is 21.1. The van der Waals surface area contributed by atoms with Gasteiger partial charge in [0, 0.05) is 5.92 Å². The molecule has 0 bridgehead atoms. The quantitative estimate of drug-likeness (QED) is 0.657. The number of amides is 1. The van der Waals surface area contributed by atoms with Crippen LogP contribution in [0.1, 0.15) is 54.2 Å². The maximum atomic E-state index is 13.3. The number of carbonyl (C=O) groups is 2. The largest absolute Gasteiger partial charge is 0.493 e. The SMILES string of the molecule is O=C(O)CNC(=O)c1c(O)nc(C2CCCCC2)n(-c2c(Cl)cccc2Cl)c1=O. The first-order chi connectivity index (χ1) is 13.8. The van der Waals surface area contributed by atoms with Crippen molar-refractivity contribution in [2.75, 3.05) is 6.54 Å².